The number of ether oxygens (including phenoxy) is 1. The van der Waals surface area contributed by atoms with Gasteiger partial charge in [0.25, 0.3) is 0 Å². The number of nitrogens with zero attached hydrogens (tertiary/aromatic N) is 2. The van der Waals surface area contributed by atoms with Gasteiger partial charge in [-0.3, -0.25) is 9.59 Å². The van der Waals surface area contributed by atoms with Crippen molar-refractivity contribution in [1.29, 1.82) is 0 Å². The summed E-state index contributed by atoms with van der Waals surface area (Å²) in [6.07, 6.45) is 13.4. The molecule has 186 valence electrons. The molecule has 34 heavy (non-hydrogen) atoms. The zero-order valence-electron chi connectivity index (χ0n) is 20.8. The maximum Gasteiger partial charge on any atom is 0.223 e. The second kappa shape index (κ2) is 11.8. The Labute approximate surface area is 204 Å². The largest absolute Gasteiger partial charge is 0.495 e. The molecule has 1 saturated carbocycles. The summed E-state index contributed by atoms with van der Waals surface area (Å²) in [7, 11) is 1.70. The SMILES string of the molecule is COc1ccccc1N1CCN(C(=O)CC2(CC(=O)NCCC3=CCCCC3)CCCC2)CC1. The van der Waals surface area contributed by atoms with E-state index in [0.29, 0.717) is 25.9 Å². The molecule has 0 bridgehead atoms. The molecule has 0 unspecified atom stereocenters. The molecular weight excluding hydrogens is 426 g/mol. The highest BCUT2D eigenvalue weighted by atomic mass is 16.5. The van der Waals surface area contributed by atoms with Crippen molar-refractivity contribution >= 4 is 17.5 Å². The molecular formula is C28H41N3O3. The molecule has 1 aliphatic heterocycles. The van der Waals surface area contributed by atoms with Gasteiger partial charge in [0, 0.05) is 45.6 Å². The van der Waals surface area contributed by atoms with Crippen molar-refractivity contribution in [3.63, 3.8) is 0 Å². The Hall–Kier alpha value is -2.50. The zero-order valence-corrected chi connectivity index (χ0v) is 20.8. The van der Waals surface area contributed by atoms with Gasteiger partial charge in [0.15, 0.2) is 0 Å². The first-order chi connectivity index (χ1) is 16.6. The third kappa shape index (κ3) is 6.34. The molecule has 0 atom stereocenters. The second-order valence-corrected chi connectivity index (χ2v) is 10.3. The van der Waals surface area contributed by atoms with Crippen molar-refractivity contribution < 1.29 is 14.3 Å². The van der Waals surface area contributed by atoms with Crippen LogP contribution in [0.5, 0.6) is 5.75 Å². The second-order valence-electron chi connectivity index (χ2n) is 10.3. The fourth-order valence-electron chi connectivity index (χ4n) is 5.96. The van der Waals surface area contributed by atoms with Crippen LogP contribution in [0.1, 0.15) is 70.6 Å². The number of amides is 2. The quantitative estimate of drug-likeness (QED) is 0.535. The van der Waals surface area contributed by atoms with E-state index in [4.69, 9.17) is 4.74 Å². The molecule has 0 aromatic heterocycles. The Morgan fingerprint density at radius 1 is 1.00 bits per heavy atom. The van der Waals surface area contributed by atoms with Crippen LogP contribution in [0.15, 0.2) is 35.9 Å². The van der Waals surface area contributed by atoms with Crippen LogP contribution >= 0.6 is 0 Å². The van der Waals surface area contributed by atoms with Crippen molar-refractivity contribution in [3.8, 4) is 5.75 Å². The lowest BCUT2D eigenvalue weighted by Crippen LogP contribution is -2.50. The number of nitrogens with one attached hydrogen (secondary N) is 1. The van der Waals surface area contributed by atoms with E-state index in [1.54, 1.807) is 7.11 Å². The fourth-order valence-corrected chi connectivity index (χ4v) is 5.96. The smallest absolute Gasteiger partial charge is 0.223 e. The topological polar surface area (TPSA) is 61.9 Å². The molecule has 6 heteroatoms. The summed E-state index contributed by atoms with van der Waals surface area (Å²) in [5, 5.41) is 3.15. The number of carbonyl (C=O) groups excluding carboxylic acids is 2. The average molecular weight is 468 g/mol. The van der Waals surface area contributed by atoms with E-state index >= 15 is 0 Å². The van der Waals surface area contributed by atoms with Crippen molar-refractivity contribution in [3.05, 3.63) is 35.9 Å². The van der Waals surface area contributed by atoms with Gasteiger partial charge in [-0.1, -0.05) is 36.6 Å². The van der Waals surface area contributed by atoms with Crippen LogP contribution in [0, 0.1) is 5.41 Å². The summed E-state index contributed by atoms with van der Waals surface area (Å²) < 4.78 is 5.51. The summed E-state index contributed by atoms with van der Waals surface area (Å²) >= 11 is 0. The highest BCUT2D eigenvalue weighted by molar-refractivity contribution is 5.81. The van der Waals surface area contributed by atoms with Gasteiger partial charge in [-0.05, 0) is 62.5 Å². The van der Waals surface area contributed by atoms with Crippen molar-refractivity contribution in [1.82, 2.24) is 10.2 Å². The standard InChI is InChI=1S/C28H41N3O3/c1-34-25-12-6-5-11-24(25)30-17-19-31(20-18-30)27(33)22-28(14-7-8-15-28)21-26(32)29-16-13-23-9-3-2-4-10-23/h5-6,9,11-12H,2-4,7-8,10,13-22H2,1H3,(H,29,32). The van der Waals surface area contributed by atoms with Crippen LogP contribution in [0.25, 0.3) is 0 Å². The highest BCUT2D eigenvalue weighted by Gasteiger charge is 2.39. The molecule has 1 aromatic rings. The number of methoxy groups -OCH3 is 1. The van der Waals surface area contributed by atoms with Crippen LogP contribution < -0.4 is 15.0 Å². The lowest BCUT2D eigenvalue weighted by atomic mass is 9.78. The van der Waals surface area contributed by atoms with Gasteiger partial charge < -0.3 is 19.9 Å². The number of rotatable bonds is 9. The summed E-state index contributed by atoms with van der Waals surface area (Å²) in [5.74, 6) is 1.20. The van der Waals surface area contributed by atoms with Gasteiger partial charge in [0.05, 0.1) is 12.8 Å². The zero-order chi connectivity index (χ0) is 23.8. The Balaban J connectivity index is 1.26. The summed E-state index contributed by atoms with van der Waals surface area (Å²) in [5.41, 5.74) is 2.42. The van der Waals surface area contributed by atoms with E-state index in [2.05, 4.69) is 22.4 Å². The number of hydrogen-bond donors (Lipinski definition) is 1. The fraction of sp³-hybridized carbons (Fsp3) is 0.643. The molecule has 1 N–H and O–H groups in total. The third-order valence-corrected chi connectivity index (χ3v) is 7.94. The Bertz CT molecular complexity index is 867. The van der Waals surface area contributed by atoms with Gasteiger partial charge in [-0.2, -0.15) is 0 Å². The molecule has 2 aliphatic carbocycles. The summed E-state index contributed by atoms with van der Waals surface area (Å²) in [6, 6.07) is 8.06. The maximum atomic E-state index is 13.3. The number of piperazine rings is 1. The summed E-state index contributed by atoms with van der Waals surface area (Å²) in [4.78, 5) is 30.4. The van der Waals surface area contributed by atoms with Gasteiger partial charge in [-0.15, -0.1) is 0 Å². The molecule has 2 amide bonds. The van der Waals surface area contributed by atoms with Gasteiger partial charge in [-0.25, -0.2) is 0 Å². The average Bonchev–Trinajstić information content (AvgIpc) is 3.32. The number of para-hydroxylation sites is 2. The third-order valence-electron chi connectivity index (χ3n) is 7.94. The van der Waals surface area contributed by atoms with E-state index in [1.807, 2.05) is 23.1 Å². The van der Waals surface area contributed by atoms with Crippen LogP contribution in [0.4, 0.5) is 5.69 Å². The molecule has 6 nitrogen and oxygen atoms in total. The van der Waals surface area contributed by atoms with Gasteiger partial charge >= 0.3 is 0 Å². The minimum Gasteiger partial charge on any atom is -0.495 e. The van der Waals surface area contributed by atoms with Crippen molar-refractivity contribution in [2.75, 3.05) is 44.7 Å². The molecule has 0 radical (unpaired) electrons. The molecule has 0 spiro atoms. The summed E-state index contributed by atoms with van der Waals surface area (Å²) in [6.45, 7) is 3.76. The number of carbonyl (C=O) groups is 2. The van der Waals surface area contributed by atoms with Gasteiger partial charge in [0.1, 0.15) is 5.75 Å². The molecule has 1 heterocycles. The minimum atomic E-state index is -0.162. The van der Waals surface area contributed by atoms with Crippen LogP contribution in [0.3, 0.4) is 0 Å². The maximum absolute atomic E-state index is 13.3. The van der Waals surface area contributed by atoms with Crippen molar-refractivity contribution in [2.45, 2.75) is 70.6 Å². The van der Waals surface area contributed by atoms with E-state index in [1.165, 1.54) is 31.3 Å². The van der Waals surface area contributed by atoms with Crippen LogP contribution in [0.2, 0.25) is 0 Å². The van der Waals surface area contributed by atoms with E-state index < -0.39 is 0 Å². The van der Waals surface area contributed by atoms with Crippen molar-refractivity contribution in [2.24, 2.45) is 5.41 Å². The predicted octanol–water partition coefficient (Wildman–Crippen LogP) is 4.69. The lowest BCUT2D eigenvalue weighted by molar-refractivity contribution is -0.135. The monoisotopic (exact) mass is 467 g/mol. The first-order valence-corrected chi connectivity index (χ1v) is 13.2. The normalized spacial score (nSPS) is 20.1. The lowest BCUT2D eigenvalue weighted by Gasteiger charge is -2.38. The van der Waals surface area contributed by atoms with E-state index in [0.717, 1.165) is 63.2 Å². The first kappa shape index (κ1) is 24.6. The Kier molecular flexibility index (Phi) is 8.52. The highest BCUT2D eigenvalue weighted by Crippen LogP contribution is 2.44. The Morgan fingerprint density at radius 3 is 2.47 bits per heavy atom. The molecule has 1 aromatic carbocycles. The first-order valence-electron chi connectivity index (χ1n) is 13.2. The van der Waals surface area contributed by atoms with E-state index in [-0.39, 0.29) is 17.2 Å². The molecule has 4 rings (SSSR count). The van der Waals surface area contributed by atoms with Crippen LogP contribution in [-0.4, -0.2) is 56.5 Å². The Morgan fingerprint density at radius 2 is 1.76 bits per heavy atom. The molecule has 3 aliphatic rings. The minimum absolute atomic E-state index is 0.118. The predicted molar refractivity (Wildman–Crippen MR) is 136 cm³/mol. The van der Waals surface area contributed by atoms with Crippen LogP contribution in [-0.2, 0) is 9.59 Å². The number of hydrogen-bond acceptors (Lipinski definition) is 4. The number of benzene rings is 1. The molecule has 2 fully saturated rings. The number of allylic oxidation sites excluding steroid dienone is 1. The van der Waals surface area contributed by atoms with Gasteiger partial charge in [0.2, 0.25) is 11.8 Å². The number of anilines is 1. The van der Waals surface area contributed by atoms with E-state index in [9.17, 15) is 9.59 Å². The molecule has 1 saturated heterocycles.